The van der Waals surface area contributed by atoms with Gasteiger partial charge in [0, 0.05) is 23.8 Å². The molecule has 1 aromatic rings. The van der Waals surface area contributed by atoms with E-state index in [9.17, 15) is 0 Å². The number of benzene rings is 1. The number of ether oxygens (including phenoxy) is 1. The molecule has 0 fully saturated rings. The van der Waals surface area contributed by atoms with Crippen LogP contribution in [0.2, 0.25) is 0 Å². The molecule has 0 spiro atoms. The fourth-order valence-corrected chi connectivity index (χ4v) is 1.67. The van der Waals surface area contributed by atoms with Gasteiger partial charge in [-0.3, -0.25) is 0 Å². The van der Waals surface area contributed by atoms with Crippen molar-refractivity contribution in [3.63, 3.8) is 0 Å². The van der Waals surface area contributed by atoms with E-state index in [1.807, 2.05) is 24.3 Å². The lowest BCUT2D eigenvalue weighted by Crippen LogP contribution is -2.41. The molecule has 0 amide bonds. The molecule has 0 saturated heterocycles. The normalized spacial score (nSPS) is 11.8. The summed E-state index contributed by atoms with van der Waals surface area (Å²) in [5.74, 6) is 0.854. The van der Waals surface area contributed by atoms with Gasteiger partial charge in [0.1, 0.15) is 5.75 Å². The fraction of sp³-hybridized carbons (Fsp3) is 0.600. The molecule has 18 heavy (non-hydrogen) atoms. The average Bonchev–Trinajstić information content (AvgIpc) is 2.34. The van der Waals surface area contributed by atoms with Crippen LogP contribution in [-0.2, 0) is 0 Å². The van der Waals surface area contributed by atoms with E-state index in [2.05, 4.69) is 32.7 Å². The largest absolute Gasteiger partial charge is 0.493 e. The maximum atomic E-state index is 5.70. The van der Waals surface area contributed by atoms with Crippen LogP contribution in [0.5, 0.6) is 5.75 Å². The Morgan fingerprint density at radius 3 is 2.67 bits per heavy atom. The van der Waals surface area contributed by atoms with Crippen LogP contribution in [0.15, 0.2) is 24.3 Å². The second-order valence-corrected chi connectivity index (χ2v) is 5.36. The van der Waals surface area contributed by atoms with Gasteiger partial charge in [-0.2, -0.15) is 0 Å². The van der Waals surface area contributed by atoms with Gasteiger partial charge in [-0.25, -0.2) is 0 Å². The molecular weight excluding hydrogens is 224 g/mol. The molecule has 0 aromatic heterocycles. The molecule has 3 nitrogen and oxygen atoms in total. The molecule has 0 heterocycles. The first-order valence-corrected chi connectivity index (χ1v) is 6.65. The summed E-state index contributed by atoms with van der Waals surface area (Å²) in [6.45, 7) is 8.54. The monoisotopic (exact) mass is 250 g/mol. The summed E-state index contributed by atoms with van der Waals surface area (Å²) >= 11 is 0. The average molecular weight is 250 g/mol. The van der Waals surface area contributed by atoms with Crippen LogP contribution >= 0.6 is 0 Å². The zero-order valence-electron chi connectivity index (χ0n) is 12.1. The molecule has 0 unspecified atom stereocenters. The van der Waals surface area contributed by atoms with E-state index in [4.69, 9.17) is 10.5 Å². The molecule has 0 atom stereocenters. The van der Waals surface area contributed by atoms with Crippen molar-refractivity contribution in [2.45, 2.75) is 39.2 Å². The van der Waals surface area contributed by atoms with E-state index < -0.39 is 0 Å². The lowest BCUT2D eigenvalue weighted by molar-refractivity contribution is 0.140. The fourth-order valence-electron chi connectivity index (χ4n) is 1.67. The Morgan fingerprint density at radius 1 is 1.33 bits per heavy atom. The van der Waals surface area contributed by atoms with E-state index in [-0.39, 0.29) is 5.54 Å². The van der Waals surface area contributed by atoms with E-state index in [1.165, 1.54) is 0 Å². The SMILES string of the molecule is CCC(C)(C)N(C)CCCOc1cccc(N)c1. The molecule has 0 radical (unpaired) electrons. The van der Waals surface area contributed by atoms with Crippen molar-refractivity contribution in [2.75, 3.05) is 25.9 Å². The Morgan fingerprint density at radius 2 is 2.06 bits per heavy atom. The number of nitrogen functional groups attached to an aromatic ring is 1. The molecule has 3 heteroatoms. The second kappa shape index (κ2) is 6.64. The zero-order chi connectivity index (χ0) is 13.6. The summed E-state index contributed by atoms with van der Waals surface area (Å²) in [7, 11) is 2.17. The highest BCUT2D eigenvalue weighted by molar-refractivity contribution is 5.43. The molecule has 0 aliphatic carbocycles. The molecule has 0 aliphatic heterocycles. The quantitative estimate of drug-likeness (QED) is 0.597. The van der Waals surface area contributed by atoms with Crippen LogP contribution in [0.25, 0.3) is 0 Å². The third kappa shape index (κ3) is 4.57. The summed E-state index contributed by atoms with van der Waals surface area (Å²) in [6, 6.07) is 7.58. The highest BCUT2D eigenvalue weighted by Crippen LogP contribution is 2.17. The van der Waals surface area contributed by atoms with Crippen molar-refractivity contribution in [1.82, 2.24) is 4.90 Å². The van der Waals surface area contributed by atoms with Crippen molar-refractivity contribution < 1.29 is 4.74 Å². The number of anilines is 1. The minimum atomic E-state index is 0.261. The molecular formula is C15H26N2O. The van der Waals surface area contributed by atoms with Crippen molar-refractivity contribution in [3.05, 3.63) is 24.3 Å². The lowest BCUT2D eigenvalue weighted by Gasteiger charge is -2.34. The van der Waals surface area contributed by atoms with Gasteiger partial charge < -0.3 is 15.4 Å². The molecule has 0 saturated carbocycles. The number of hydrogen-bond acceptors (Lipinski definition) is 3. The highest BCUT2D eigenvalue weighted by atomic mass is 16.5. The zero-order valence-corrected chi connectivity index (χ0v) is 12.1. The summed E-state index contributed by atoms with van der Waals surface area (Å²) in [6.07, 6.45) is 2.17. The van der Waals surface area contributed by atoms with E-state index in [0.717, 1.165) is 37.4 Å². The van der Waals surface area contributed by atoms with Crippen LogP contribution in [0.4, 0.5) is 5.69 Å². The van der Waals surface area contributed by atoms with E-state index >= 15 is 0 Å². The minimum Gasteiger partial charge on any atom is -0.493 e. The molecule has 102 valence electrons. The van der Waals surface area contributed by atoms with Gasteiger partial charge in [-0.05, 0) is 45.9 Å². The molecule has 0 bridgehead atoms. The van der Waals surface area contributed by atoms with Gasteiger partial charge in [0.25, 0.3) is 0 Å². The van der Waals surface area contributed by atoms with Gasteiger partial charge in [-0.1, -0.05) is 13.0 Å². The molecule has 2 N–H and O–H groups in total. The number of hydrogen-bond donors (Lipinski definition) is 1. The Kier molecular flexibility index (Phi) is 5.48. The number of nitrogens with two attached hydrogens (primary N) is 1. The van der Waals surface area contributed by atoms with Gasteiger partial charge in [0.2, 0.25) is 0 Å². The van der Waals surface area contributed by atoms with Crippen molar-refractivity contribution in [3.8, 4) is 5.75 Å². The maximum Gasteiger partial charge on any atom is 0.121 e. The number of nitrogens with zero attached hydrogens (tertiary/aromatic N) is 1. The first kappa shape index (κ1) is 14.8. The highest BCUT2D eigenvalue weighted by Gasteiger charge is 2.20. The van der Waals surface area contributed by atoms with Crippen LogP contribution < -0.4 is 10.5 Å². The van der Waals surface area contributed by atoms with Gasteiger partial charge in [0.05, 0.1) is 6.61 Å². The van der Waals surface area contributed by atoms with Crippen molar-refractivity contribution >= 4 is 5.69 Å². The predicted molar refractivity (Wildman–Crippen MR) is 78.0 cm³/mol. The van der Waals surface area contributed by atoms with E-state index in [0.29, 0.717) is 0 Å². The molecule has 1 aromatic carbocycles. The molecule has 0 aliphatic rings. The van der Waals surface area contributed by atoms with Gasteiger partial charge in [-0.15, -0.1) is 0 Å². The molecule has 1 rings (SSSR count). The van der Waals surface area contributed by atoms with Gasteiger partial charge in [0.15, 0.2) is 0 Å². The number of rotatable bonds is 7. The summed E-state index contributed by atoms with van der Waals surface area (Å²) in [4.78, 5) is 2.38. The van der Waals surface area contributed by atoms with Crippen molar-refractivity contribution in [1.29, 1.82) is 0 Å². The third-order valence-corrected chi connectivity index (χ3v) is 3.66. The first-order chi connectivity index (χ1) is 8.45. The predicted octanol–water partition coefficient (Wildman–Crippen LogP) is 3.16. The Hall–Kier alpha value is -1.22. The van der Waals surface area contributed by atoms with Crippen LogP contribution in [-0.4, -0.2) is 30.6 Å². The standard InChI is InChI=1S/C15H26N2O/c1-5-15(2,3)17(4)10-7-11-18-14-9-6-8-13(16)12-14/h6,8-9,12H,5,7,10-11,16H2,1-4H3. The maximum absolute atomic E-state index is 5.70. The Balaban J connectivity index is 2.27. The summed E-state index contributed by atoms with van der Waals surface area (Å²) in [5, 5.41) is 0. The Labute approximate surface area is 111 Å². The third-order valence-electron chi connectivity index (χ3n) is 3.66. The van der Waals surface area contributed by atoms with Gasteiger partial charge >= 0.3 is 0 Å². The van der Waals surface area contributed by atoms with Crippen LogP contribution in [0.3, 0.4) is 0 Å². The van der Waals surface area contributed by atoms with E-state index in [1.54, 1.807) is 0 Å². The summed E-state index contributed by atoms with van der Waals surface area (Å²) < 4.78 is 5.68. The lowest BCUT2D eigenvalue weighted by atomic mass is 10.00. The Bertz CT molecular complexity index is 363. The summed E-state index contributed by atoms with van der Waals surface area (Å²) in [5.41, 5.74) is 6.71. The minimum absolute atomic E-state index is 0.261. The second-order valence-electron chi connectivity index (χ2n) is 5.36. The van der Waals surface area contributed by atoms with Crippen molar-refractivity contribution in [2.24, 2.45) is 0 Å². The topological polar surface area (TPSA) is 38.5 Å². The van der Waals surface area contributed by atoms with Crippen LogP contribution in [0.1, 0.15) is 33.6 Å². The van der Waals surface area contributed by atoms with Crippen LogP contribution in [0, 0.1) is 0 Å². The smallest absolute Gasteiger partial charge is 0.121 e. The first-order valence-electron chi connectivity index (χ1n) is 6.65.